The number of halogens is 1. The number of fused-ring (bicyclic) bond motifs is 1. The first-order valence-corrected chi connectivity index (χ1v) is 7.77. The summed E-state index contributed by atoms with van der Waals surface area (Å²) < 4.78 is 8.16. The van der Waals surface area contributed by atoms with Gasteiger partial charge in [0.2, 0.25) is 0 Å². The summed E-state index contributed by atoms with van der Waals surface area (Å²) in [5.74, 6) is 0.843. The Morgan fingerprint density at radius 1 is 1.27 bits per heavy atom. The van der Waals surface area contributed by atoms with E-state index in [1.807, 2.05) is 48.7 Å². The molecule has 2 aromatic heterocycles. The zero-order valence-corrected chi connectivity index (χ0v) is 14.3. The lowest BCUT2D eigenvalue weighted by atomic mass is 10.1. The van der Waals surface area contributed by atoms with E-state index in [1.165, 1.54) is 0 Å². The van der Waals surface area contributed by atoms with Gasteiger partial charge in [0.25, 0.3) is 0 Å². The molecular weight excluding hydrogens is 344 g/mol. The molecule has 1 aromatic carbocycles. The molecule has 0 amide bonds. The van der Waals surface area contributed by atoms with Crippen LogP contribution < -0.4 is 4.74 Å². The molecule has 0 aliphatic rings. The highest BCUT2D eigenvalue weighted by Crippen LogP contribution is 2.31. The molecule has 114 valence electrons. The molecule has 0 saturated carbocycles. The fraction of sp³-hybridized carbons (Fsp3) is 0.235. The minimum Gasteiger partial charge on any atom is -0.496 e. The van der Waals surface area contributed by atoms with Crippen LogP contribution >= 0.6 is 15.9 Å². The second-order valence-corrected chi connectivity index (χ2v) is 6.16. The van der Waals surface area contributed by atoms with Gasteiger partial charge >= 0.3 is 0 Å². The van der Waals surface area contributed by atoms with E-state index in [4.69, 9.17) is 9.72 Å². The summed E-state index contributed by atoms with van der Waals surface area (Å²) >= 11 is 3.55. The number of methoxy groups -OCH3 is 1. The molecule has 2 heterocycles. The lowest BCUT2D eigenvalue weighted by Crippen LogP contribution is -1.96. The summed E-state index contributed by atoms with van der Waals surface area (Å²) in [7, 11) is 1.66. The van der Waals surface area contributed by atoms with E-state index in [0.29, 0.717) is 0 Å². The zero-order valence-electron chi connectivity index (χ0n) is 12.7. The number of aliphatic hydroxyl groups is 1. The minimum absolute atomic E-state index is 0.0720. The van der Waals surface area contributed by atoms with Crippen LogP contribution in [0.4, 0.5) is 0 Å². The Morgan fingerprint density at radius 3 is 2.68 bits per heavy atom. The molecule has 0 fully saturated rings. The van der Waals surface area contributed by atoms with Crippen molar-refractivity contribution in [3.05, 3.63) is 51.8 Å². The summed E-state index contributed by atoms with van der Waals surface area (Å²) in [6, 6.07) is 7.94. The average molecular weight is 361 g/mol. The largest absolute Gasteiger partial charge is 0.496 e. The number of aromatic nitrogens is 2. The first-order chi connectivity index (χ1) is 10.5. The molecule has 3 rings (SSSR count). The van der Waals surface area contributed by atoms with Gasteiger partial charge in [0.1, 0.15) is 5.75 Å². The van der Waals surface area contributed by atoms with Crippen molar-refractivity contribution >= 4 is 21.6 Å². The molecule has 3 aromatic rings. The highest BCUT2D eigenvalue weighted by Gasteiger charge is 2.16. The molecule has 0 radical (unpaired) electrons. The van der Waals surface area contributed by atoms with E-state index in [9.17, 15) is 5.11 Å². The van der Waals surface area contributed by atoms with Crippen LogP contribution in [0.25, 0.3) is 16.9 Å². The molecule has 22 heavy (non-hydrogen) atoms. The van der Waals surface area contributed by atoms with E-state index in [1.54, 1.807) is 7.11 Å². The topological polar surface area (TPSA) is 46.8 Å². The van der Waals surface area contributed by atoms with Crippen LogP contribution in [0.1, 0.15) is 16.8 Å². The van der Waals surface area contributed by atoms with E-state index >= 15 is 0 Å². The fourth-order valence-corrected chi connectivity index (χ4v) is 3.33. The van der Waals surface area contributed by atoms with Gasteiger partial charge in [-0.15, -0.1) is 0 Å². The standard InChI is InChI=1S/C17H17BrN2O2/c1-10-6-13(18)17-19-16(14(9-21)20(17)8-10)12-4-5-15(22-3)11(2)7-12/h4-8,21H,9H2,1-3H3. The fourth-order valence-electron chi connectivity index (χ4n) is 2.69. The maximum absolute atomic E-state index is 9.82. The highest BCUT2D eigenvalue weighted by atomic mass is 79.9. The quantitative estimate of drug-likeness (QED) is 0.770. The van der Waals surface area contributed by atoms with Crippen LogP contribution in [0.5, 0.6) is 5.75 Å². The maximum atomic E-state index is 9.82. The van der Waals surface area contributed by atoms with E-state index < -0.39 is 0 Å². The average Bonchev–Trinajstić information content (AvgIpc) is 2.85. The molecule has 5 heteroatoms. The third kappa shape index (κ3) is 2.40. The Hall–Kier alpha value is -1.85. The van der Waals surface area contributed by atoms with Crippen LogP contribution in [0.3, 0.4) is 0 Å². The Balaban J connectivity index is 2.26. The van der Waals surface area contributed by atoms with Crippen molar-refractivity contribution < 1.29 is 9.84 Å². The number of hydrogen-bond acceptors (Lipinski definition) is 3. The number of benzene rings is 1. The van der Waals surface area contributed by atoms with E-state index in [-0.39, 0.29) is 6.61 Å². The Kier molecular flexibility index (Phi) is 3.93. The molecule has 0 saturated heterocycles. The minimum atomic E-state index is -0.0720. The Labute approximate surface area is 137 Å². The number of pyridine rings is 1. The van der Waals surface area contributed by atoms with Crippen molar-refractivity contribution in [2.24, 2.45) is 0 Å². The summed E-state index contributed by atoms with van der Waals surface area (Å²) in [4.78, 5) is 4.71. The van der Waals surface area contributed by atoms with Crippen molar-refractivity contribution in [1.82, 2.24) is 9.38 Å². The predicted octanol–water partition coefficient (Wildman–Crippen LogP) is 3.88. The third-order valence-electron chi connectivity index (χ3n) is 3.73. The summed E-state index contributed by atoms with van der Waals surface area (Å²) in [6.07, 6.45) is 1.98. The van der Waals surface area contributed by atoms with Crippen LogP contribution in [0.15, 0.2) is 34.9 Å². The zero-order chi connectivity index (χ0) is 15.9. The Morgan fingerprint density at radius 2 is 2.05 bits per heavy atom. The number of aryl methyl sites for hydroxylation is 2. The van der Waals surface area contributed by atoms with Crippen LogP contribution in [0, 0.1) is 13.8 Å². The second kappa shape index (κ2) is 5.74. The molecule has 4 nitrogen and oxygen atoms in total. The number of rotatable bonds is 3. The number of nitrogens with zero attached hydrogens (tertiary/aromatic N) is 2. The smallest absolute Gasteiger partial charge is 0.152 e. The van der Waals surface area contributed by atoms with Crippen LogP contribution in [0.2, 0.25) is 0 Å². The molecule has 1 N–H and O–H groups in total. The van der Waals surface area contributed by atoms with Crippen molar-refractivity contribution in [2.75, 3.05) is 7.11 Å². The summed E-state index contributed by atoms with van der Waals surface area (Å²) in [5, 5.41) is 9.82. The highest BCUT2D eigenvalue weighted by molar-refractivity contribution is 9.10. The van der Waals surface area contributed by atoms with Crippen LogP contribution in [-0.2, 0) is 6.61 Å². The third-order valence-corrected chi connectivity index (χ3v) is 4.31. The number of ether oxygens (including phenoxy) is 1. The van der Waals surface area contributed by atoms with Gasteiger partial charge in [-0.1, -0.05) is 0 Å². The molecule has 0 aliphatic heterocycles. The number of hydrogen-bond donors (Lipinski definition) is 1. The molecular formula is C17H17BrN2O2. The van der Waals surface area contributed by atoms with Gasteiger partial charge in [-0.3, -0.25) is 4.40 Å². The van der Waals surface area contributed by atoms with Gasteiger partial charge in [-0.05, 0) is 65.2 Å². The molecule has 0 spiro atoms. The van der Waals surface area contributed by atoms with Crippen molar-refractivity contribution in [3.8, 4) is 17.0 Å². The van der Waals surface area contributed by atoms with Gasteiger partial charge in [-0.2, -0.15) is 0 Å². The van der Waals surface area contributed by atoms with Gasteiger partial charge in [0.15, 0.2) is 5.65 Å². The van der Waals surface area contributed by atoms with Gasteiger partial charge in [0, 0.05) is 11.8 Å². The predicted molar refractivity (Wildman–Crippen MR) is 90.3 cm³/mol. The normalized spacial score (nSPS) is 11.1. The molecule has 0 bridgehead atoms. The van der Waals surface area contributed by atoms with Crippen molar-refractivity contribution in [2.45, 2.75) is 20.5 Å². The van der Waals surface area contributed by atoms with E-state index in [2.05, 4.69) is 15.9 Å². The summed E-state index contributed by atoms with van der Waals surface area (Å²) in [5.41, 5.74) is 5.48. The molecule has 0 aliphatic carbocycles. The monoisotopic (exact) mass is 360 g/mol. The van der Waals surface area contributed by atoms with E-state index in [0.717, 1.165) is 43.9 Å². The molecule has 0 atom stereocenters. The van der Waals surface area contributed by atoms with Crippen molar-refractivity contribution in [1.29, 1.82) is 0 Å². The molecule has 0 unspecified atom stereocenters. The van der Waals surface area contributed by atoms with Crippen molar-refractivity contribution in [3.63, 3.8) is 0 Å². The number of imidazole rings is 1. The summed E-state index contributed by atoms with van der Waals surface area (Å²) in [6.45, 7) is 3.94. The van der Waals surface area contributed by atoms with Gasteiger partial charge in [-0.25, -0.2) is 4.98 Å². The lowest BCUT2D eigenvalue weighted by molar-refractivity contribution is 0.276. The maximum Gasteiger partial charge on any atom is 0.152 e. The van der Waals surface area contributed by atoms with Crippen LogP contribution in [-0.4, -0.2) is 21.6 Å². The van der Waals surface area contributed by atoms with Gasteiger partial charge < -0.3 is 9.84 Å². The first kappa shape index (κ1) is 15.1. The Bertz CT molecular complexity index is 855. The lowest BCUT2D eigenvalue weighted by Gasteiger charge is -2.07. The first-order valence-electron chi connectivity index (χ1n) is 6.98. The second-order valence-electron chi connectivity index (χ2n) is 5.31. The SMILES string of the molecule is COc1ccc(-c2nc3c(Br)cc(C)cn3c2CO)cc1C. The van der Waals surface area contributed by atoms with Gasteiger partial charge in [0.05, 0.1) is 29.6 Å². The number of aliphatic hydroxyl groups excluding tert-OH is 1.